The zero-order chi connectivity index (χ0) is 12.7. The first-order chi connectivity index (χ1) is 8.13. The maximum absolute atomic E-state index is 11.5. The zero-order valence-electron chi connectivity index (χ0n) is 9.07. The standard InChI is InChI=1S/C11H12N2O3S/c12-13-10(8-17(15)16)11(14)7-6-9-4-2-1-3-5-9/h1-5H,6-8H2,(H,15,16). The Morgan fingerprint density at radius 3 is 2.53 bits per heavy atom. The minimum absolute atomic E-state index is 0.153. The second-order valence-corrected chi connectivity index (χ2v) is 4.35. The number of carbonyl (C=O) groups excluding carboxylic acids is 1. The van der Waals surface area contributed by atoms with E-state index in [9.17, 15) is 9.00 Å². The van der Waals surface area contributed by atoms with E-state index in [0.29, 0.717) is 6.42 Å². The van der Waals surface area contributed by atoms with Gasteiger partial charge in [0.15, 0.2) is 16.8 Å². The number of ketones is 1. The van der Waals surface area contributed by atoms with Crippen molar-refractivity contribution in [2.24, 2.45) is 0 Å². The quantitative estimate of drug-likeness (QED) is 0.355. The number of hydrogen-bond acceptors (Lipinski definition) is 2. The Morgan fingerprint density at radius 2 is 2.00 bits per heavy atom. The second kappa shape index (κ2) is 6.85. The Bertz CT molecular complexity index is 467. The van der Waals surface area contributed by atoms with Gasteiger partial charge in [-0.2, -0.15) is 4.79 Å². The lowest BCUT2D eigenvalue weighted by Crippen LogP contribution is -2.22. The summed E-state index contributed by atoms with van der Waals surface area (Å²) >= 11 is -2.18. The molecule has 17 heavy (non-hydrogen) atoms. The van der Waals surface area contributed by atoms with Crippen LogP contribution < -0.4 is 0 Å². The minimum Gasteiger partial charge on any atom is -0.361 e. The van der Waals surface area contributed by atoms with E-state index in [2.05, 4.69) is 4.79 Å². The molecule has 0 radical (unpaired) electrons. The summed E-state index contributed by atoms with van der Waals surface area (Å²) in [7, 11) is 0. The van der Waals surface area contributed by atoms with Crippen LogP contribution in [0.3, 0.4) is 0 Å². The van der Waals surface area contributed by atoms with Crippen molar-refractivity contribution in [2.75, 3.05) is 5.75 Å². The molecule has 0 aliphatic rings. The first kappa shape index (κ1) is 13.4. The van der Waals surface area contributed by atoms with Crippen LogP contribution in [0.25, 0.3) is 5.53 Å². The second-order valence-electron chi connectivity index (χ2n) is 3.42. The Hall–Kier alpha value is -1.62. The van der Waals surface area contributed by atoms with Crippen LogP contribution in [0.4, 0.5) is 0 Å². The van der Waals surface area contributed by atoms with Crippen molar-refractivity contribution in [2.45, 2.75) is 12.8 Å². The fraction of sp³-hybridized carbons (Fsp3) is 0.273. The van der Waals surface area contributed by atoms with Crippen LogP contribution in [0.1, 0.15) is 12.0 Å². The molecule has 6 heteroatoms. The van der Waals surface area contributed by atoms with Crippen molar-refractivity contribution >= 4 is 22.6 Å². The lowest BCUT2D eigenvalue weighted by molar-refractivity contribution is -0.117. The fourth-order valence-electron chi connectivity index (χ4n) is 1.33. The third-order valence-corrected chi connectivity index (χ3v) is 2.71. The van der Waals surface area contributed by atoms with E-state index in [1.807, 2.05) is 30.3 Å². The van der Waals surface area contributed by atoms with Crippen molar-refractivity contribution in [1.29, 1.82) is 0 Å². The van der Waals surface area contributed by atoms with Crippen LogP contribution in [0.15, 0.2) is 30.3 Å². The normalized spacial score (nSPS) is 11.6. The molecule has 1 atom stereocenters. The third-order valence-electron chi connectivity index (χ3n) is 2.19. The Labute approximate surface area is 101 Å². The van der Waals surface area contributed by atoms with E-state index in [1.165, 1.54) is 0 Å². The van der Waals surface area contributed by atoms with Gasteiger partial charge in [-0.1, -0.05) is 30.3 Å². The largest absolute Gasteiger partial charge is 0.361 e. The molecule has 0 aromatic heterocycles. The van der Waals surface area contributed by atoms with Crippen LogP contribution in [-0.4, -0.2) is 30.8 Å². The summed E-state index contributed by atoms with van der Waals surface area (Å²) in [6, 6.07) is 9.37. The van der Waals surface area contributed by atoms with Gasteiger partial charge >= 0.3 is 5.71 Å². The first-order valence-electron chi connectivity index (χ1n) is 4.99. The van der Waals surface area contributed by atoms with Gasteiger partial charge in [-0.05, 0) is 12.0 Å². The molecular formula is C11H12N2O3S. The molecule has 0 fully saturated rings. The van der Waals surface area contributed by atoms with Crippen molar-refractivity contribution < 1.29 is 18.3 Å². The SMILES string of the molecule is [N-]=[N+]=C(CS(=O)O)C(=O)CCc1ccccc1. The Morgan fingerprint density at radius 1 is 1.35 bits per heavy atom. The van der Waals surface area contributed by atoms with Gasteiger partial charge in [0.2, 0.25) is 5.78 Å². The van der Waals surface area contributed by atoms with Crippen LogP contribution in [0, 0.1) is 0 Å². The lowest BCUT2D eigenvalue weighted by Gasteiger charge is -1.97. The van der Waals surface area contributed by atoms with Gasteiger partial charge in [-0.15, -0.1) is 0 Å². The molecule has 0 aliphatic heterocycles. The molecule has 0 spiro atoms. The highest BCUT2D eigenvalue weighted by atomic mass is 32.2. The number of Topliss-reactive ketones (excluding diaryl/α,β-unsaturated/α-hetero) is 1. The zero-order valence-corrected chi connectivity index (χ0v) is 9.89. The number of nitrogens with zero attached hydrogens (tertiary/aromatic N) is 2. The van der Waals surface area contributed by atoms with Gasteiger partial charge in [-0.25, -0.2) is 4.21 Å². The van der Waals surface area contributed by atoms with Crippen LogP contribution in [0.5, 0.6) is 0 Å². The minimum atomic E-state index is -2.18. The predicted molar refractivity (Wildman–Crippen MR) is 64.0 cm³/mol. The summed E-state index contributed by atoms with van der Waals surface area (Å²) in [6.45, 7) is 0. The molecule has 0 heterocycles. The number of aryl methyl sites for hydroxylation is 1. The number of hydrogen-bond donors (Lipinski definition) is 1. The molecule has 5 nitrogen and oxygen atoms in total. The Kier molecular flexibility index (Phi) is 5.42. The van der Waals surface area contributed by atoms with Gasteiger partial charge in [-0.3, -0.25) is 4.79 Å². The predicted octanol–water partition coefficient (Wildman–Crippen LogP) is 1.08. The van der Waals surface area contributed by atoms with Crippen LogP contribution >= 0.6 is 0 Å². The topological polar surface area (TPSA) is 90.8 Å². The monoisotopic (exact) mass is 252 g/mol. The van der Waals surface area contributed by atoms with Gasteiger partial charge in [0.25, 0.3) is 0 Å². The van der Waals surface area contributed by atoms with E-state index >= 15 is 0 Å². The average molecular weight is 252 g/mol. The molecule has 90 valence electrons. The van der Waals surface area contributed by atoms with Crippen molar-refractivity contribution in [1.82, 2.24) is 0 Å². The Balaban J connectivity index is 2.55. The summed E-state index contributed by atoms with van der Waals surface area (Å²) in [5, 5.41) is 0. The van der Waals surface area contributed by atoms with E-state index in [4.69, 9.17) is 10.1 Å². The van der Waals surface area contributed by atoms with Crippen molar-refractivity contribution in [3.8, 4) is 0 Å². The molecule has 1 N–H and O–H groups in total. The van der Waals surface area contributed by atoms with Gasteiger partial charge < -0.3 is 10.1 Å². The molecule has 1 aromatic carbocycles. The number of rotatable bonds is 6. The van der Waals surface area contributed by atoms with Gasteiger partial charge in [0.05, 0.1) is 0 Å². The van der Waals surface area contributed by atoms with Crippen molar-refractivity contribution in [3.05, 3.63) is 41.4 Å². The first-order valence-corrected chi connectivity index (χ1v) is 6.26. The maximum Gasteiger partial charge on any atom is 0.349 e. The van der Waals surface area contributed by atoms with E-state index in [1.54, 1.807) is 0 Å². The number of benzene rings is 1. The van der Waals surface area contributed by atoms with E-state index in [-0.39, 0.29) is 12.1 Å². The van der Waals surface area contributed by atoms with Gasteiger partial charge in [0, 0.05) is 6.42 Å². The molecule has 0 bridgehead atoms. The highest BCUT2D eigenvalue weighted by Gasteiger charge is 2.21. The molecule has 1 rings (SSSR count). The summed E-state index contributed by atoms with van der Waals surface area (Å²) < 4.78 is 19.1. The molecule has 0 amide bonds. The number of carbonyl (C=O) groups is 1. The highest BCUT2D eigenvalue weighted by molar-refractivity contribution is 7.80. The molecule has 0 saturated heterocycles. The summed E-state index contributed by atoms with van der Waals surface area (Å²) in [5.74, 6) is -0.858. The van der Waals surface area contributed by atoms with Crippen LogP contribution in [-0.2, 0) is 22.3 Å². The average Bonchev–Trinajstić information content (AvgIpc) is 2.34. The summed E-state index contributed by atoms with van der Waals surface area (Å²) in [5.41, 5.74) is 9.29. The van der Waals surface area contributed by atoms with E-state index in [0.717, 1.165) is 5.56 Å². The van der Waals surface area contributed by atoms with Crippen LogP contribution in [0.2, 0.25) is 0 Å². The molecule has 1 aromatic rings. The smallest absolute Gasteiger partial charge is 0.349 e. The maximum atomic E-state index is 11.5. The fourth-order valence-corrected chi connectivity index (χ4v) is 1.78. The third kappa shape index (κ3) is 4.82. The molecule has 0 saturated carbocycles. The molecule has 1 unspecified atom stereocenters. The summed E-state index contributed by atoms with van der Waals surface area (Å²) in [4.78, 5) is 14.3. The van der Waals surface area contributed by atoms with Gasteiger partial charge in [0.1, 0.15) is 0 Å². The molecular weight excluding hydrogens is 240 g/mol. The summed E-state index contributed by atoms with van der Waals surface area (Å²) in [6.07, 6.45) is 0.664. The van der Waals surface area contributed by atoms with E-state index < -0.39 is 22.6 Å². The highest BCUT2D eigenvalue weighted by Crippen LogP contribution is 2.03. The van der Waals surface area contributed by atoms with Crippen molar-refractivity contribution in [3.63, 3.8) is 0 Å². The lowest BCUT2D eigenvalue weighted by atomic mass is 10.1. The molecule has 0 aliphatic carbocycles.